The van der Waals surface area contributed by atoms with Gasteiger partial charge in [0, 0.05) is 37.1 Å². The molecule has 4 aromatic rings. The van der Waals surface area contributed by atoms with Crippen LogP contribution in [-0.4, -0.2) is 0 Å². The summed E-state index contributed by atoms with van der Waals surface area (Å²) in [4.78, 5) is 0. The average Bonchev–Trinajstić information content (AvgIpc) is 3.03. The highest BCUT2D eigenvalue weighted by Gasteiger charge is 2.06. The number of ether oxygens (including phenoxy) is 2. The fourth-order valence-corrected chi connectivity index (χ4v) is 5.17. The summed E-state index contributed by atoms with van der Waals surface area (Å²) in [5.41, 5.74) is 2.29. The molecule has 0 unspecified atom stereocenters. The number of pyridine rings is 2. The normalized spacial score (nSPS) is 10.5. The maximum Gasteiger partial charge on any atom is 0.172 e. The van der Waals surface area contributed by atoms with E-state index in [4.69, 9.17) is 9.47 Å². The van der Waals surface area contributed by atoms with Gasteiger partial charge >= 0.3 is 0 Å². The van der Waals surface area contributed by atoms with Crippen LogP contribution in [0.4, 0.5) is 0 Å². The Labute approximate surface area is 287 Å². The third-order valence-electron chi connectivity index (χ3n) is 7.77. The van der Waals surface area contributed by atoms with Crippen LogP contribution in [0.15, 0.2) is 97.6 Å². The highest BCUT2D eigenvalue weighted by molar-refractivity contribution is 5.65. The van der Waals surface area contributed by atoms with Crippen molar-refractivity contribution < 1.29 is 52.6 Å². The van der Waals surface area contributed by atoms with Crippen molar-refractivity contribution in [3.63, 3.8) is 0 Å². The lowest BCUT2D eigenvalue weighted by Gasteiger charge is -2.08. The minimum absolute atomic E-state index is 0. The Morgan fingerprint density at radius 1 is 0.386 bits per heavy atom. The predicted octanol–water partition coefficient (Wildman–Crippen LogP) is 4.24. The average molecular weight is 727 g/mol. The molecule has 0 spiro atoms. The lowest BCUT2D eigenvalue weighted by molar-refractivity contribution is -0.697. The van der Waals surface area contributed by atoms with Gasteiger partial charge in [0.2, 0.25) is 0 Å². The van der Waals surface area contributed by atoms with E-state index in [1.54, 1.807) is 0 Å². The molecule has 0 bridgehead atoms. The minimum atomic E-state index is 0. The topological polar surface area (TPSA) is 26.2 Å². The SMILES string of the molecule is CCCCCCCC[n+]1ccc(Oc2ccc(-c3ccc(Oc4cc[n+](CCCCCCCC)cc4)cc3)cc2)cc1.[Br-].[Br-]. The number of unbranched alkanes of at least 4 members (excludes halogenated alkanes) is 10. The summed E-state index contributed by atoms with van der Waals surface area (Å²) in [6.07, 6.45) is 24.3. The molecule has 0 aliphatic heterocycles. The van der Waals surface area contributed by atoms with Gasteiger partial charge in [0.25, 0.3) is 0 Å². The number of rotatable bonds is 19. The Morgan fingerprint density at radius 3 is 1.02 bits per heavy atom. The molecule has 2 aromatic carbocycles. The van der Waals surface area contributed by atoms with Gasteiger partial charge in [-0.05, 0) is 48.2 Å². The van der Waals surface area contributed by atoms with Crippen molar-refractivity contribution in [3.05, 3.63) is 97.6 Å². The molecule has 4 nitrogen and oxygen atoms in total. The first kappa shape index (κ1) is 37.5. The largest absolute Gasteiger partial charge is 1.00 e. The van der Waals surface area contributed by atoms with Crippen molar-refractivity contribution >= 4 is 0 Å². The quantitative estimate of drug-likeness (QED) is 0.107. The molecule has 0 aliphatic carbocycles. The molecule has 0 saturated carbocycles. The summed E-state index contributed by atoms with van der Waals surface area (Å²) in [5, 5.41) is 0. The lowest BCUT2D eigenvalue weighted by atomic mass is 10.1. The van der Waals surface area contributed by atoms with Crippen molar-refractivity contribution in [3.8, 4) is 34.1 Å². The van der Waals surface area contributed by atoms with Crippen molar-refractivity contribution in [1.29, 1.82) is 0 Å². The molecule has 2 heterocycles. The summed E-state index contributed by atoms with van der Waals surface area (Å²) in [5.74, 6) is 3.39. The second-order valence-corrected chi connectivity index (χ2v) is 11.3. The van der Waals surface area contributed by atoms with Crippen molar-refractivity contribution in [2.24, 2.45) is 0 Å². The van der Waals surface area contributed by atoms with E-state index in [-0.39, 0.29) is 34.0 Å². The van der Waals surface area contributed by atoms with Crippen LogP contribution in [0.5, 0.6) is 23.0 Å². The Balaban J connectivity index is 0.00000337. The van der Waals surface area contributed by atoms with E-state index in [0.717, 1.165) is 47.2 Å². The summed E-state index contributed by atoms with van der Waals surface area (Å²) in [6.45, 7) is 6.66. The Morgan fingerprint density at radius 2 is 0.682 bits per heavy atom. The zero-order valence-corrected chi connectivity index (χ0v) is 29.8. The fourth-order valence-electron chi connectivity index (χ4n) is 5.17. The number of halogens is 2. The molecule has 6 heteroatoms. The van der Waals surface area contributed by atoms with Crippen LogP contribution >= 0.6 is 0 Å². The maximum atomic E-state index is 6.09. The van der Waals surface area contributed by atoms with Crippen LogP contribution in [-0.2, 0) is 13.1 Å². The third kappa shape index (κ3) is 13.5. The van der Waals surface area contributed by atoms with Gasteiger partial charge in [-0.3, -0.25) is 0 Å². The molecule has 0 aliphatic rings. The van der Waals surface area contributed by atoms with Crippen LogP contribution in [0.1, 0.15) is 90.9 Å². The monoisotopic (exact) mass is 724 g/mol. The molecule has 0 atom stereocenters. The van der Waals surface area contributed by atoms with E-state index in [2.05, 4.69) is 72.0 Å². The van der Waals surface area contributed by atoms with E-state index in [0.29, 0.717) is 0 Å². The van der Waals surface area contributed by atoms with E-state index in [9.17, 15) is 0 Å². The van der Waals surface area contributed by atoms with E-state index in [1.807, 2.05) is 48.5 Å². The molecule has 0 radical (unpaired) electrons. The smallest absolute Gasteiger partial charge is 0.172 e. The first-order chi connectivity index (χ1) is 20.7. The van der Waals surface area contributed by atoms with Gasteiger partial charge in [-0.1, -0.05) is 89.5 Å². The Kier molecular flexibility index (Phi) is 18.7. The summed E-state index contributed by atoms with van der Waals surface area (Å²) < 4.78 is 16.7. The zero-order valence-electron chi connectivity index (χ0n) is 26.6. The minimum Gasteiger partial charge on any atom is -1.00 e. The molecule has 4 rings (SSSR count). The highest BCUT2D eigenvalue weighted by Crippen LogP contribution is 2.28. The standard InChI is InChI=1S/C38H50N2O2.2BrH/c1-3-5-7-9-11-13-27-39-29-23-37(24-30-39)41-35-19-15-33(16-20-35)34-17-21-36(22-18-34)42-38-25-31-40(32-26-38)28-14-12-10-8-6-4-2;;/h15-26,29-32H,3-14,27-28H2,1-2H3;2*1H/q+2;;/p-2. The van der Waals surface area contributed by atoms with Crippen LogP contribution in [0.2, 0.25) is 0 Å². The van der Waals surface area contributed by atoms with Crippen molar-refractivity contribution in [1.82, 2.24) is 0 Å². The molecule has 44 heavy (non-hydrogen) atoms. The van der Waals surface area contributed by atoms with Crippen LogP contribution in [0.3, 0.4) is 0 Å². The molecular weight excluding hydrogens is 676 g/mol. The van der Waals surface area contributed by atoms with Crippen LogP contribution < -0.4 is 52.6 Å². The van der Waals surface area contributed by atoms with Gasteiger partial charge in [-0.25, -0.2) is 9.13 Å². The Hall–Kier alpha value is -2.70. The number of aromatic nitrogens is 2. The number of aryl methyl sites for hydroxylation is 2. The molecule has 2 aromatic heterocycles. The first-order valence-corrected chi connectivity index (χ1v) is 16.3. The fraction of sp³-hybridized carbons (Fsp3) is 0.421. The number of hydrogen-bond donors (Lipinski definition) is 0. The molecule has 238 valence electrons. The highest BCUT2D eigenvalue weighted by atomic mass is 79.9. The lowest BCUT2D eigenvalue weighted by Crippen LogP contribution is -3.00. The van der Waals surface area contributed by atoms with E-state index < -0.39 is 0 Å². The van der Waals surface area contributed by atoms with Crippen LogP contribution in [0.25, 0.3) is 11.1 Å². The summed E-state index contributed by atoms with van der Waals surface area (Å²) in [7, 11) is 0. The first-order valence-electron chi connectivity index (χ1n) is 16.3. The van der Waals surface area contributed by atoms with Crippen LogP contribution in [0, 0.1) is 0 Å². The van der Waals surface area contributed by atoms with E-state index in [1.165, 1.54) is 77.0 Å². The molecule has 0 fully saturated rings. The summed E-state index contributed by atoms with van der Waals surface area (Å²) in [6, 6.07) is 24.7. The zero-order chi connectivity index (χ0) is 29.2. The molecule has 0 N–H and O–H groups in total. The van der Waals surface area contributed by atoms with E-state index >= 15 is 0 Å². The molecule has 0 saturated heterocycles. The third-order valence-corrected chi connectivity index (χ3v) is 7.77. The molecular formula is C38H50Br2N2O2. The maximum absolute atomic E-state index is 6.09. The second kappa shape index (κ2) is 21.9. The van der Waals surface area contributed by atoms with Gasteiger partial charge in [0.15, 0.2) is 24.8 Å². The van der Waals surface area contributed by atoms with Gasteiger partial charge in [0.05, 0.1) is 0 Å². The predicted molar refractivity (Wildman–Crippen MR) is 172 cm³/mol. The van der Waals surface area contributed by atoms with Crippen molar-refractivity contribution in [2.75, 3.05) is 0 Å². The number of benzene rings is 2. The number of nitrogens with zero attached hydrogens (tertiary/aromatic N) is 2. The van der Waals surface area contributed by atoms with Crippen molar-refractivity contribution in [2.45, 2.75) is 104 Å². The van der Waals surface area contributed by atoms with Gasteiger partial charge in [-0.15, -0.1) is 0 Å². The number of hydrogen-bond acceptors (Lipinski definition) is 2. The van der Waals surface area contributed by atoms with Gasteiger partial charge in [0.1, 0.15) is 36.1 Å². The van der Waals surface area contributed by atoms with Gasteiger partial charge < -0.3 is 43.4 Å². The Bertz CT molecular complexity index is 1180. The summed E-state index contributed by atoms with van der Waals surface area (Å²) >= 11 is 0. The van der Waals surface area contributed by atoms with Gasteiger partial charge in [-0.2, -0.15) is 0 Å². The molecule has 0 amide bonds. The second-order valence-electron chi connectivity index (χ2n) is 11.3.